The lowest BCUT2D eigenvalue weighted by atomic mass is 9.69. The first-order valence-corrected chi connectivity index (χ1v) is 10.8. The molecule has 2 aliphatic rings. The van der Waals surface area contributed by atoms with Gasteiger partial charge in [0.2, 0.25) is 5.91 Å². The second-order valence-electron chi connectivity index (χ2n) is 10.9. The third-order valence-electron chi connectivity index (χ3n) is 6.17. The molecule has 176 valence electrons. The van der Waals surface area contributed by atoms with Crippen LogP contribution in [0.2, 0.25) is 0 Å². The molecule has 0 saturated carbocycles. The first kappa shape index (κ1) is 25.1. The van der Waals surface area contributed by atoms with Gasteiger partial charge in [-0.3, -0.25) is 4.79 Å². The first-order valence-electron chi connectivity index (χ1n) is 10.8. The number of allylic oxidation sites excluding steroid dienone is 2. The molecular weight excluding hydrogens is 403 g/mol. The maximum Gasteiger partial charge on any atom is 0.408 e. The van der Waals surface area contributed by atoms with Crippen molar-refractivity contribution < 1.29 is 28.2 Å². The highest BCUT2D eigenvalue weighted by Gasteiger charge is 2.63. The fourth-order valence-electron chi connectivity index (χ4n) is 4.56. The van der Waals surface area contributed by atoms with Crippen molar-refractivity contribution in [2.45, 2.75) is 78.7 Å². The maximum atomic E-state index is 16.2. The Balaban J connectivity index is 2.43. The minimum Gasteiger partial charge on any atom is -0.467 e. The molecule has 0 spiro atoms. The number of fused-ring (bicyclic) bond motifs is 1. The van der Waals surface area contributed by atoms with E-state index in [2.05, 4.69) is 5.32 Å². The summed E-state index contributed by atoms with van der Waals surface area (Å²) in [5.41, 5.74) is -3.22. The van der Waals surface area contributed by atoms with Gasteiger partial charge in [-0.25, -0.2) is 14.0 Å². The van der Waals surface area contributed by atoms with Crippen molar-refractivity contribution in [2.24, 2.45) is 23.2 Å². The number of nitrogens with one attached hydrogen (secondary N) is 1. The number of hydrogen-bond donors (Lipinski definition) is 1. The normalized spacial score (nSPS) is 31.6. The molecule has 1 heterocycles. The van der Waals surface area contributed by atoms with E-state index in [-0.39, 0.29) is 12.5 Å². The van der Waals surface area contributed by atoms with Gasteiger partial charge in [0.25, 0.3) is 0 Å². The molecule has 1 saturated heterocycles. The average Bonchev–Trinajstić information content (AvgIpc) is 2.95. The van der Waals surface area contributed by atoms with E-state index in [1.165, 1.54) is 12.0 Å². The van der Waals surface area contributed by atoms with Crippen LogP contribution in [0.25, 0.3) is 0 Å². The number of rotatable bonds is 3. The quantitative estimate of drug-likeness (QED) is 0.537. The van der Waals surface area contributed by atoms with Crippen LogP contribution in [0.5, 0.6) is 0 Å². The van der Waals surface area contributed by atoms with Crippen LogP contribution in [-0.4, -0.2) is 59.9 Å². The summed E-state index contributed by atoms with van der Waals surface area (Å²) in [6.45, 7) is 13.9. The first-order chi connectivity index (χ1) is 14.0. The monoisotopic (exact) mass is 440 g/mol. The lowest BCUT2D eigenvalue weighted by Gasteiger charge is -2.38. The lowest BCUT2D eigenvalue weighted by Crippen LogP contribution is -2.58. The molecule has 1 aliphatic heterocycles. The van der Waals surface area contributed by atoms with Gasteiger partial charge in [0.1, 0.15) is 23.4 Å². The zero-order valence-electron chi connectivity index (χ0n) is 20.1. The van der Waals surface area contributed by atoms with Crippen LogP contribution in [0.3, 0.4) is 0 Å². The lowest BCUT2D eigenvalue weighted by molar-refractivity contribution is -0.154. The molecule has 8 heteroatoms. The summed E-state index contributed by atoms with van der Waals surface area (Å²) in [5.74, 6) is -2.64. The van der Waals surface area contributed by atoms with Crippen LogP contribution >= 0.6 is 0 Å². The second-order valence-corrected chi connectivity index (χ2v) is 10.9. The summed E-state index contributed by atoms with van der Waals surface area (Å²) in [6, 6.07) is -2.09. The number of esters is 1. The average molecular weight is 441 g/mol. The number of halogens is 1. The zero-order valence-corrected chi connectivity index (χ0v) is 20.1. The third kappa shape index (κ3) is 5.04. The summed E-state index contributed by atoms with van der Waals surface area (Å²) in [4.78, 5) is 40.1. The van der Waals surface area contributed by atoms with Gasteiger partial charge < -0.3 is 19.7 Å². The Labute approximate surface area is 184 Å². The van der Waals surface area contributed by atoms with Crippen LogP contribution in [0.1, 0.15) is 55.4 Å². The molecule has 7 nitrogen and oxygen atoms in total. The number of ether oxygens (including phenoxy) is 2. The maximum absolute atomic E-state index is 16.2. The molecule has 1 N–H and O–H groups in total. The summed E-state index contributed by atoms with van der Waals surface area (Å²) in [5, 5.41) is 2.64. The smallest absolute Gasteiger partial charge is 0.408 e. The predicted molar refractivity (Wildman–Crippen MR) is 115 cm³/mol. The van der Waals surface area contributed by atoms with Gasteiger partial charge >= 0.3 is 12.1 Å². The van der Waals surface area contributed by atoms with E-state index in [1.807, 2.05) is 13.0 Å². The number of hydrogen-bond acceptors (Lipinski definition) is 5. The number of alkyl halides is 1. The molecule has 0 aromatic carbocycles. The van der Waals surface area contributed by atoms with E-state index in [0.717, 1.165) is 0 Å². The molecule has 2 amide bonds. The van der Waals surface area contributed by atoms with Crippen LogP contribution < -0.4 is 5.32 Å². The highest BCUT2D eigenvalue weighted by atomic mass is 19.1. The Bertz CT molecular complexity index is 754. The Kier molecular flexibility index (Phi) is 6.84. The van der Waals surface area contributed by atoms with Gasteiger partial charge in [0.05, 0.1) is 13.7 Å². The Morgan fingerprint density at radius 1 is 1.13 bits per heavy atom. The number of likely N-dealkylation sites (tertiary alicyclic amines) is 1. The molecule has 0 bridgehead atoms. The fraction of sp³-hybridized carbons (Fsp3) is 0.783. The number of methoxy groups -OCH3 is 1. The molecule has 0 unspecified atom stereocenters. The molecule has 31 heavy (non-hydrogen) atoms. The van der Waals surface area contributed by atoms with Crippen molar-refractivity contribution in [2.75, 3.05) is 13.7 Å². The van der Waals surface area contributed by atoms with Gasteiger partial charge in [-0.15, -0.1) is 0 Å². The zero-order chi connectivity index (χ0) is 23.9. The largest absolute Gasteiger partial charge is 0.467 e. The summed E-state index contributed by atoms with van der Waals surface area (Å²) in [6.07, 6.45) is 2.94. The number of alkyl carbamates (subject to hydrolysis) is 1. The fourth-order valence-corrected chi connectivity index (χ4v) is 4.56. The van der Waals surface area contributed by atoms with Crippen LogP contribution in [-0.2, 0) is 19.1 Å². The van der Waals surface area contributed by atoms with Crippen molar-refractivity contribution >= 4 is 18.0 Å². The minimum atomic E-state index is -1.77. The highest BCUT2D eigenvalue weighted by Crippen LogP contribution is 2.50. The van der Waals surface area contributed by atoms with E-state index >= 15 is 4.39 Å². The van der Waals surface area contributed by atoms with Gasteiger partial charge in [0.15, 0.2) is 0 Å². The van der Waals surface area contributed by atoms with Gasteiger partial charge in [-0.2, -0.15) is 0 Å². The number of nitrogens with zero attached hydrogens (tertiary/aromatic N) is 1. The van der Waals surface area contributed by atoms with Crippen molar-refractivity contribution in [1.29, 1.82) is 0 Å². The third-order valence-corrected chi connectivity index (χ3v) is 6.17. The summed E-state index contributed by atoms with van der Waals surface area (Å²) >= 11 is 0. The van der Waals surface area contributed by atoms with Crippen molar-refractivity contribution in [3.63, 3.8) is 0 Å². The summed E-state index contributed by atoms with van der Waals surface area (Å²) in [7, 11) is 1.23. The van der Waals surface area contributed by atoms with E-state index in [1.54, 1.807) is 54.5 Å². The highest BCUT2D eigenvalue weighted by molar-refractivity contribution is 5.91. The van der Waals surface area contributed by atoms with Crippen LogP contribution in [0.4, 0.5) is 9.18 Å². The molecule has 2 rings (SSSR count). The Morgan fingerprint density at radius 2 is 1.71 bits per heavy atom. The number of amides is 2. The molecule has 6 atom stereocenters. The molecular formula is C23H37FN2O5. The minimum absolute atomic E-state index is 0.241. The van der Waals surface area contributed by atoms with E-state index < -0.39 is 58.6 Å². The molecule has 0 aromatic rings. The van der Waals surface area contributed by atoms with Crippen molar-refractivity contribution in [1.82, 2.24) is 10.2 Å². The van der Waals surface area contributed by atoms with Gasteiger partial charge in [0, 0.05) is 11.8 Å². The number of carbonyl (C=O) groups excluding carboxylic acids is 3. The van der Waals surface area contributed by atoms with E-state index in [4.69, 9.17) is 9.47 Å². The number of carbonyl (C=O) groups is 3. The second kappa shape index (κ2) is 8.43. The van der Waals surface area contributed by atoms with Gasteiger partial charge in [-0.1, -0.05) is 46.8 Å². The SMILES string of the molecule is COC(=O)[C@@H]1[C@H]2[C@H](C)C=C[C@H](C)[C@@]2(F)CN1C(=O)[C@@H](NC(=O)OC(C)(C)C)C(C)(C)C. The summed E-state index contributed by atoms with van der Waals surface area (Å²) < 4.78 is 26.5. The topological polar surface area (TPSA) is 84.9 Å². The van der Waals surface area contributed by atoms with Crippen molar-refractivity contribution in [3.05, 3.63) is 12.2 Å². The molecule has 0 aromatic heterocycles. The van der Waals surface area contributed by atoms with E-state index in [0.29, 0.717) is 0 Å². The predicted octanol–water partition coefficient (Wildman–Crippen LogP) is 3.48. The van der Waals surface area contributed by atoms with Gasteiger partial charge in [-0.05, 0) is 32.1 Å². The molecule has 1 fully saturated rings. The Hall–Kier alpha value is -2.12. The molecule has 1 aliphatic carbocycles. The Morgan fingerprint density at radius 3 is 2.19 bits per heavy atom. The van der Waals surface area contributed by atoms with Crippen molar-refractivity contribution in [3.8, 4) is 0 Å². The molecule has 0 radical (unpaired) electrons. The van der Waals surface area contributed by atoms with E-state index in [9.17, 15) is 14.4 Å². The standard InChI is InChI=1S/C23H37FN2O5/c1-13-10-11-14(2)23(24)12-26(16(15(13)23)19(28)30-9)18(27)17(21(3,4)5)25-20(29)31-22(6,7)8/h10-11,13-17H,12H2,1-9H3,(H,25,29)/t13-,14+,15-,16+,17-,23+/m1/s1. The van der Waals surface area contributed by atoms with Crippen LogP contribution in [0, 0.1) is 23.2 Å². The van der Waals surface area contributed by atoms with Crippen LogP contribution in [0.15, 0.2) is 12.2 Å².